The van der Waals surface area contributed by atoms with Crippen molar-refractivity contribution in [3.05, 3.63) is 35.4 Å². The number of halogens is 3. The zero-order valence-electron chi connectivity index (χ0n) is 12.8. The standard InChI is InChI=1S/C16H21F3N2O2/c17-16(18,19)13-3-1-2-12(8-13)9-20-10-14(15(22)11-20)21-4-6-23-7-5-21/h1-3,8,14-15,22H,4-7,9-11H2/t14-,15-/m0/s1. The molecule has 2 saturated heterocycles. The van der Waals surface area contributed by atoms with E-state index in [1.165, 1.54) is 12.1 Å². The lowest BCUT2D eigenvalue weighted by Gasteiger charge is -2.33. The second-order valence-electron chi connectivity index (χ2n) is 6.18. The molecular weight excluding hydrogens is 309 g/mol. The summed E-state index contributed by atoms with van der Waals surface area (Å²) in [6.45, 7) is 4.48. The van der Waals surface area contributed by atoms with Gasteiger partial charge in [0.1, 0.15) is 0 Å². The van der Waals surface area contributed by atoms with Gasteiger partial charge in [-0.15, -0.1) is 0 Å². The zero-order valence-corrected chi connectivity index (χ0v) is 12.8. The number of morpholine rings is 1. The van der Waals surface area contributed by atoms with E-state index >= 15 is 0 Å². The molecule has 3 rings (SSSR count). The molecule has 0 radical (unpaired) electrons. The first-order chi connectivity index (χ1) is 10.9. The van der Waals surface area contributed by atoms with Crippen LogP contribution < -0.4 is 0 Å². The van der Waals surface area contributed by atoms with Crippen molar-refractivity contribution in [3.63, 3.8) is 0 Å². The molecule has 23 heavy (non-hydrogen) atoms. The van der Waals surface area contributed by atoms with Crippen molar-refractivity contribution in [3.8, 4) is 0 Å². The zero-order chi connectivity index (χ0) is 16.4. The van der Waals surface area contributed by atoms with Crippen molar-refractivity contribution >= 4 is 0 Å². The molecule has 2 aliphatic rings. The van der Waals surface area contributed by atoms with Crippen LogP contribution in [-0.2, 0) is 17.5 Å². The first kappa shape index (κ1) is 16.7. The maximum absolute atomic E-state index is 12.8. The maximum atomic E-state index is 12.8. The van der Waals surface area contributed by atoms with Crippen LogP contribution in [0.5, 0.6) is 0 Å². The molecule has 128 valence electrons. The van der Waals surface area contributed by atoms with Crippen LogP contribution in [-0.4, -0.2) is 66.4 Å². The van der Waals surface area contributed by atoms with Gasteiger partial charge in [0.2, 0.25) is 0 Å². The quantitative estimate of drug-likeness (QED) is 0.913. The minimum absolute atomic E-state index is 0.0321. The lowest BCUT2D eigenvalue weighted by molar-refractivity contribution is -0.137. The van der Waals surface area contributed by atoms with Crippen LogP contribution in [0.25, 0.3) is 0 Å². The molecule has 4 nitrogen and oxygen atoms in total. The number of likely N-dealkylation sites (tertiary alicyclic amines) is 1. The highest BCUT2D eigenvalue weighted by atomic mass is 19.4. The molecular formula is C16H21F3N2O2. The highest BCUT2D eigenvalue weighted by Crippen LogP contribution is 2.30. The first-order valence-corrected chi connectivity index (χ1v) is 7.82. The lowest BCUT2D eigenvalue weighted by Crippen LogP contribution is -2.48. The van der Waals surface area contributed by atoms with Gasteiger partial charge in [-0.25, -0.2) is 0 Å². The summed E-state index contributed by atoms with van der Waals surface area (Å²) < 4.78 is 43.6. The molecule has 2 aliphatic heterocycles. The van der Waals surface area contributed by atoms with Crippen LogP contribution >= 0.6 is 0 Å². The summed E-state index contributed by atoms with van der Waals surface area (Å²) >= 11 is 0. The summed E-state index contributed by atoms with van der Waals surface area (Å²) in [4.78, 5) is 4.22. The molecule has 0 bridgehead atoms. The topological polar surface area (TPSA) is 35.9 Å². The van der Waals surface area contributed by atoms with Crippen molar-refractivity contribution in [2.75, 3.05) is 39.4 Å². The van der Waals surface area contributed by atoms with Gasteiger partial charge in [-0.2, -0.15) is 13.2 Å². The van der Waals surface area contributed by atoms with Crippen LogP contribution in [0.15, 0.2) is 24.3 Å². The molecule has 0 aromatic heterocycles. The van der Waals surface area contributed by atoms with Gasteiger partial charge in [0.15, 0.2) is 0 Å². The Bertz CT molecular complexity index is 532. The molecule has 1 aromatic rings. The maximum Gasteiger partial charge on any atom is 0.416 e. The number of aliphatic hydroxyl groups is 1. The summed E-state index contributed by atoms with van der Waals surface area (Å²) in [6, 6.07) is 5.44. The average Bonchev–Trinajstić information content (AvgIpc) is 2.88. The molecule has 2 fully saturated rings. The molecule has 2 atom stereocenters. The number of hydrogen-bond acceptors (Lipinski definition) is 4. The third-order valence-electron chi connectivity index (χ3n) is 4.51. The SMILES string of the molecule is O[C@H]1CN(Cc2cccc(C(F)(F)F)c2)C[C@@H]1N1CCOCC1. The number of alkyl halides is 3. The van der Waals surface area contributed by atoms with E-state index in [4.69, 9.17) is 4.74 Å². The summed E-state index contributed by atoms with van der Waals surface area (Å²) in [5.41, 5.74) is -0.00544. The van der Waals surface area contributed by atoms with Gasteiger partial charge in [-0.1, -0.05) is 18.2 Å². The van der Waals surface area contributed by atoms with E-state index in [0.717, 1.165) is 19.2 Å². The number of benzene rings is 1. The van der Waals surface area contributed by atoms with E-state index in [2.05, 4.69) is 4.90 Å². The van der Waals surface area contributed by atoms with Gasteiger partial charge in [-0.3, -0.25) is 9.80 Å². The van der Waals surface area contributed by atoms with Gasteiger partial charge >= 0.3 is 6.18 Å². The second kappa shape index (κ2) is 6.76. The molecule has 0 spiro atoms. The Balaban J connectivity index is 1.63. The first-order valence-electron chi connectivity index (χ1n) is 7.82. The number of rotatable bonds is 3. The van der Waals surface area contributed by atoms with E-state index < -0.39 is 17.8 Å². The van der Waals surface area contributed by atoms with Crippen LogP contribution in [0.1, 0.15) is 11.1 Å². The smallest absolute Gasteiger partial charge is 0.390 e. The van der Waals surface area contributed by atoms with Crippen molar-refractivity contribution in [2.45, 2.75) is 24.9 Å². The van der Waals surface area contributed by atoms with E-state index in [1.807, 2.05) is 4.90 Å². The van der Waals surface area contributed by atoms with Crippen molar-refractivity contribution < 1.29 is 23.0 Å². The minimum Gasteiger partial charge on any atom is -0.390 e. The van der Waals surface area contributed by atoms with Crippen LogP contribution in [0, 0.1) is 0 Å². The third kappa shape index (κ3) is 4.03. The van der Waals surface area contributed by atoms with E-state index in [-0.39, 0.29) is 6.04 Å². The second-order valence-corrected chi connectivity index (χ2v) is 6.18. The largest absolute Gasteiger partial charge is 0.416 e. The van der Waals surface area contributed by atoms with Crippen LogP contribution in [0.4, 0.5) is 13.2 Å². The number of ether oxygens (including phenoxy) is 1. The van der Waals surface area contributed by atoms with Crippen LogP contribution in [0.2, 0.25) is 0 Å². The van der Waals surface area contributed by atoms with Gasteiger partial charge in [0.05, 0.1) is 24.9 Å². The van der Waals surface area contributed by atoms with Crippen molar-refractivity contribution in [2.24, 2.45) is 0 Å². The predicted octanol–water partition coefficient (Wildman–Crippen LogP) is 1.58. The normalized spacial score (nSPS) is 27.5. The predicted molar refractivity (Wildman–Crippen MR) is 78.9 cm³/mol. The van der Waals surface area contributed by atoms with Gasteiger partial charge in [0, 0.05) is 38.8 Å². The Morgan fingerprint density at radius 3 is 2.61 bits per heavy atom. The molecule has 2 heterocycles. The van der Waals surface area contributed by atoms with Gasteiger partial charge < -0.3 is 9.84 Å². The summed E-state index contributed by atoms with van der Waals surface area (Å²) in [5.74, 6) is 0. The molecule has 0 aliphatic carbocycles. The van der Waals surface area contributed by atoms with Crippen LogP contribution in [0.3, 0.4) is 0 Å². The monoisotopic (exact) mass is 330 g/mol. The number of hydrogen-bond donors (Lipinski definition) is 1. The Morgan fingerprint density at radius 1 is 1.17 bits per heavy atom. The Labute approximate surface area is 133 Å². The Morgan fingerprint density at radius 2 is 1.91 bits per heavy atom. The Hall–Kier alpha value is -1.15. The summed E-state index contributed by atoms with van der Waals surface area (Å²) in [5, 5.41) is 10.3. The summed E-state index contributed by atoms with van der Waals surface area (Å²) in [6.07, 6.45) is -4.80. The van der Waals surface area contributed by atoms with Crippen molar-refractivity contribution in [1.29, 1.82) is 0 Å². The molecule has 7 heteroatoms. The molecule has 1 aromatic carbocycles. The third-order valence-corrected chi connectivity index (χ3v) is 4.51. The van der Waals surface area contributed by atoms with Crippen molar-refractivity contribution in [1.82, 2.24) is 9.80 Å². The minimum atomic E-state index is -4.32. The number of nitrogens with zero attached hydrogens (tertiary/aromatic N) is 2. The van der Waals surface area contributed by atoms with E-state index in [1.54, 1.807) is 6.07 Å². The van der Waals surface area contributed by atoms with Gasteiger partial charge in [-0.05, 0) is 11.6 Å². The molecule has 0 amide bonds. The molecule has 0 unspecified atom stereocenters. The fraction of sp³-hybridized carbons (Fsp3) is 0.625. The molecule has 0 saturated carbocycles. The van der Waals surface area contributed by atoms with E-state index in [9.17, 15) is 18.3 Å². The number of aliphatic hydroxyl groups excluding tert-OH is 1. The summed E-state index contributed by atoms with van der Waals surface area (Å²) in [7, 11) is 0. The molecule has 1 N–H and O–H groups in total. The highest BCUT2D eigenvalue weighted by Gasteiger charge is 2.36. The fourth-order valence-electron chi connectivity index (χ4n) is 3.35. The highest BCUT2D eigenvalue weighted by molar-refractivity contribution is 5.25. The lowest BCUT2D eigenvalue weighted by atomic mass is 10.1. The number of β-amino-alcohol motifs (C(OH)–C–C–N with tert-alkyl or cyclic N) is 1. The average molecular weight is 330 g/mol. The van der Waals surface area contributed by atoms with E-state index in [0.29, 0.717) is 38.4 Å². The fourth-order valence-corrected chi connectivity index (χ4v) is 3.35. The Kier molecular flexibility index (Phi) is 4.91. The van der Waals surface area contributed by atoms with Gasteiger partial charge in [0.25, 0.3) is 0 Å².